The van der Waals surface area contributed by atoms with Crippen LogP contribution >= 0.6 is 0 Å². The van der Waals surface area contributed by atoms with Crippen molar-refractivity contribution in [3.8, 4) is 0 Å². The predicted molar refractivity (Wildman–Crippen MR) is 61.9 cm³/mol. The molecule has 1 saturated heterocycles. The lowest BCUT2D eigenvalue weighted by Gasteiger charge is -2.32. The quantitative estimate of drug-likeness (QED) is 0.719. The van der Waals surface area contributed by atoms with Crippen molar-refractivity contribution in [3.63, 3.8) is 0 Å². The Bertz CT molecular complexity index is 253. The molecule has 0 radical (unpaired) electrons. The Morgan fingerprint density at radius 2 is 2.25 bits per heavy atom. The highest BCUT2D eigenvalue weighted by Gasteiger charge is 2.37. The van der Waals surface area contributed by atoms with Crippen molar-refractivity contribution in [1.29, 1.82) is 0 Å². The van der Waals surface area contributed by atoms with Crippen LogP contribution in [0.5, 0.6) is 0 Å². The molecule has 1 aliphatic carbocycles. The zero-order valence-electron chi connectivity index (χ0n) is 10.0. The lowest BCUT2D eigenvalue weighted by atomic mass is 9.85. The highest BCUT2D eigenvalue weighted by Crippen LogP contribution is 2.30. The molecule has 1 heterocycles. The lowest BCUT2D eigenvalue weighted by molar-refractivity contribution is -0.148. The van der Waals surface area contributed by atoms with Crippen molar-refractivity contribution in [2.75, 3.05) is 19.7 Å². The molecule has 4 nitrogen and oxygen atoms in total. The summed E-state index contributed by atoms with van der Waals surface area (Å²) < 4.78 is 5.10. The van der Waals surface area contributed by atoms with Gasteiger partial charge >= 0.3 is 5.97 Å². The van der Waals surface area contributed by atoms with Gasteiger partial charge in [0.25, 0.3) is 0 Å². The first-order valence-corrected chi connectivity index (χ1v) is 6.37. The second-order valence-corrected chi connectivity index (χ2v) is 5.01. The number of nitrogens with two attached hydrogens (primary N) is 1. The summed E-state index contributed by atoms with van der Waals surface area (Å²) in [6, 6.07) is 0.0463. The molecule has 2 aliphatic rings. The van der Waals surface area contributed by atoms with Gasteiger partial charge in [-0.25, -0.2) is 0 Å². The Kier molecular flexibility index (Phi) is 3.82. The zero-order valence-corrected chi connectivity index (χ0v) is 10.0. The van der Waals surface area contributed by atoms with Crippen LogP contribution in [0.1, 0.15) is 32.6 Å². The van der Waals surface area contributed by atoms with E-state index in [0.717, 1.165) is 25.4 Å². The molecule has 2 rings (SSSR count). The van der Waals surface area contributed by atoms with Crippen LogP contribution in [0.3, 0.4) is 0 Å². The summed E-state index contributed by atoms with van der Waals surface area (Å²) in [7, 11) is 0. The third-order valence-electron chi connectivity index (χ3n) is 3.71. The van der Waals surface area contributed by atoms with Gasteiger partial charge in [-0.2, -0.15) is 0 Å². The van der Waals surface area contributed by atoms with Gasteiger partial charge in [0.1, 0.15) is 6.04 Å². The van der Waals surface area contributed by atoms with Crippen LogP contribution in [0.4, 0.5) is 0 Å². The maximum Gasteiger partial charge on any atom is 0.323 e. The summed E-state index contributed by atoms with van der Waals surface area (Å²) in [5.74, 6) is 0.692. The Morgan fingerprint density at radius 3 is 2.81 bits per heavy atom. The number of hydrogen-bond donors (Lipinski definition) is 1. The fourth-order valence-corrected chi connectivity index (χ4v) is 2.63. The van der Waals surface area contributed by atoms with Crippen LogP contribution in [0.25, 0.3) is 0 Å². The topological polar surface area (TPSA) is 55.6 Å². The maximum atomic E-state index is 11.8. The molecule has 16 heavy (non-hydrogen) atoms. The van der Waals surface area contributed by atoms with Crippen molar-refractivity contribution < 1.29 is 9.53 Å². The predicted octanol–water partition coefficient (Wildman–Crippen LogP) is 0.751. The van der Waals surface area contributed by atoms with Gasteiger partial charge in [-0.3, -0.25) is 9.69 Å². The minimum Gasteiger partial charge on any atom is -0.465 e. The lowest BCUT2D eigenvalue weighted by Crippen LogP contribution is -2.41. The summed E-state index contributed by atoms with van der Waals surface area (Å²) >= 11 is 0. The maximum absolute atomic E-state index is 11.8. The van der Waals surface area contributed by atoms with Crippen LogP contribution in [0.15, 0.2) is 0 Å². The monoisotopic (exact) mass is 226 g/mol. The van der Waals surface area contributed by atoms with Crippen molar-refractivity contribution in [2.24, 2.45) is 11.7 Å². The zero-order chi connectivity index (χ0) is 11.5. The third kappa shape index (κ3) is 2.55. The molecule has 0 amide bonds. The van der Waals surface area contributed by atoms with Crippen LogP contribution in [0, 0.1) is 5.92 Å². The van der Waals surface area contributed by atoms with Gasteiger partial charge in [0.2, 0.25) is 0 Å². The minimum atomic E-state index is -0.0882. The fourth-order valence-electron chi connectivity index (χ4n) is 2.63. The summed E-state index contributed by atoms with van der Waals surface area (Å²) in [6.07, 6.45) is 4.71. The SMILES string of the molecule is CCOC(=O)C1CC(N)CN1CC1CCC1. The molecule has 2 fully saturated rings. The third-order valence-corrected chi connectivity index (χ3v) is 3.71. The van der Waals surface area contributed by atoms with Crippen LogP contribution in [-0.2, 0) is 9.53 Å². The number of rotatable bonds is 4. The molecule has 2 N–H and O–H groups in total. The van der Waals surface area contributed by atoms with Gasteiger partial charge < -0.3 is 10.5 Å². The molecule has 92 valence electrons. The van der Waals surface area contributed by atoms with Gasteiger partial charge in [-0.15, -0.1) is 0 Å². The second-order valence-electron chi connectivity index (χ2n) is 5.01. The molecule has 0 bridgehead atoms. The first-order chi connectivity index (χ1) is 7.70. The Morgan fingerprint density at radius 1 is 1.50 bits per heavy atom. The normalized spacial score (nSPS) is 31.4. The second kappa shape index (κ2) is 5.15. The number of carbonyl (C=O) groups excluding carboxylic acids is 1. The summed E-state index contributed by atoms with van der Waals surface area (Å²) in [4.78, 5) is 14.0. The highest BCUT2D eigenvalue weighted by molar-refractivity contribution is 5.76. The molecule has 2 unspecified atom stereocenters. The molecule has 4 heteroatoms. The number of nitrogens with zero attached hydrogens (tertiary/aromatic N) is 1. The van der Waals surface area contributed by atoms with E-state index in [1.54, 1.807) is 0 Å². The highest BCUT2D eigenvalue weighted by atomic mass is 16.5. The van der Waals surface area contributed by atoms with E-state index in [0.29, 0.717) is 6.61 Å². The summed E-state index contributed by atoms with van der Waals surface area (Å²) in [5.41, 5.74) is 5.94. The van der Waals surface area contributed by atoms with E-state index in [4.69, 9.17) is 10.5 Å². The van der Waals surface area contributed by atoms with E-state index in [1.807, 2.05) is 6.92 Å². The molecule has 0 spiro atoms. The van der Waals surface area contributed by atoms with Crippen LogP contribution < -0.4 is 5.73 Å². The van der Waals surface area contributed by atoms with Gasteiger partial charge in [-0.1, -0.05) is 6.42 Å². The number of ether oxygens (including phenoxy) is 1. The number of hydrogen-bond acceptors (Lipinski definition) is 4. The van der Waals surface area contributed by atoms with E-state index in [9.17, 15) is 4.79 Å². The molecular formula is C12H22N2O2. The standard InChI is InChI=1S/C12H22N2O2/c1-2-16-12(15)11-6-10(13)8-14(11)7-9-4-3-5-9/h9-11H,2-8,13H2,1H3. The Labute approximate surface area is 97.1 Å². The molecule has 0 aromatic rings. The van der Waals surface area contributed by atoms with Crippen LogP contribution in [-0.4, -0.2) is 42.6 Å². The van der Waals surface area contributed by atoms with Crippen LogP contribution in [0.2, 0.25) is 0 Å². The average molecular weight is 226 g/mol. The van der Waals surface area contributed by atoms with Crippen molar-refractivity contribution in [1.82, 2.24) is 4.90 Å². The largest absolute Gasteiger partial charge is 0.465 e. The van der Waals surface area contributed by atoms with E-state index in [1.165, 1.54) is 19.3 Å². The molecular weight excluding hydrogens is 204 g/mol. The first-order valence-electron chi connectivity index (χ1n) is 6.37. The smallest absolute Gasteiger partial charge is 0.323 e. The van der Waals surface area contributed by atoms with Gasteiger partial charge in [-0.05, 0) is 32.1 Å². The van der Waals surface area contributed by atoms with Gasteiger partial charge in [0.15, 0.2) is 0 Å². The van der Waals surface area contributed by atoms with E-state index < -0.39 is 0 Å². The average Bonchev–Trinajstić information content (AvgIpc) is 2.54. The van der Waals surface area contributed by atoms with E-state index in [-0.39, 0.29) is 18.1 Å². The Hall–Kier alpha value is -0.610. The summed E-state index contributed by atoms with van der Waals surface area (Å²) in [6.45, 7) is 4.18. The first kappa shape index (κ1) is 11.9. The molecule has 1 aliphatic heterocycles. The van der Waals surface area contributed by atoms with E-state index in [2.05, 4.69) is 4.90 Å². The number of esters is 1. The molecule has 0 aromatic heterocycles. The molecule has 1 saturated carbocycles. The van der Waals surface area contributed by atoms with Crippen molar-refractivity contribution in [3.05, 3.63) is 0 Å². The molecule has 2 atom stereocenters. The number of likely N-dealkylation sites (tertiary alicyclic amines) is 1. The minimum absolute atomic E-state index is 0.0875. The number of carbonyl (C=O) groups is 1. The van der Waals surface area contributed by atoms with Gasteiger partial charge in [0, 0.05) is 19.1 Å². The molecule has 0 aromatic carbocycles. The Balaban J connectivity index is 1.89. The summed E-state index contributed by atoms with van der Waals surface area (Å²) in [5, 5.41) is 0. The fraction of sp³-hybridized carbons (Fsp3) is 0.917. The van der Waals surface area contributed by atoms with Gasteiger partial charge in [0.05, 0.1) is 6.61 Å². The van der Waals surface area contributed by atoms with Crippen molar-refractivity contribution >= 4 is 5.97 Å². The van der Waals surface area contributed by atoms with Crippen molar-refractivity contribution in [2.45, 2.75) is 44.7 Å². The van der Waals surface area contributed by atoms with E-state index >= 15 is 0 Å².